The molecule has 0 aliphatic carbocycles. The average Bonchev–Trinajstić information content (AvgIpc) is 2.01. The third kappa shape index (κ3) is 1.84. The monoisotopic (exact) mass is 161 g/mol. The first kappa shape index (κ1) is 8.76. The summed E-state index contributed by atoms with van der Waals surface area (Å²) < 4.78 is 0. The molecule has 1 rings (SSSR count). The third-order valence-corrected chi connectivity index (χ3v) is 1.58. The van der Waals surface area contributed by atoms with Crippen LogP contribution < -0.4 is 0 Å². The van der Waals surface area contributed by atoms with Crippen molar-refractivity contribution in [1.82, 2.24) is 4.98 Å². The van der Waals surface area contributed by atoms with Crippen molar-refractivity contribution in [2.75, 3.05) is 0 Å². The van der Waals surface area contributed by atoms with Crippen molar-refractivity contribution in [3.05, 3.63) is 29.1 Å². The number of nitrogens with zero attached hydrogens (tertiary/aromatic N) is 1. The summed E-state index contributed by atoms with van der Waals surface area (Å²) in [6, 6.07) is 3.58. The van der Waals surface area contributed by atoms with E-state index in [1.54, 1.807) is 12.1 Å². The van der Waals surface area contributed by atoms with Gasteiger partial charge in [0.2, 0.25) is 0 Å². The molecule has 2 nitrogen and oxygen atoms in total. The Kier molecular flexibility index (Phi) is 2.47. The van der Waals surface area contributed by atoms with E-state index in [0.717, 1.165) is 17.0 Å². The van der Waals surface area contributed by atoms with Crippen molar-refractivity contribution in [2.45, 2.75) is 20.0 Å². The highest BCUT2D eigenvalue weighted by Gasteiger charge is 2.04. The van der Waals surface area contributed by atoms with Crippen LogP contribution in [0, 0.1) is 26.2 Å². The quantitative estimate of drug-likeness (QED) is 0.631. The minimum atomic E-state index is -0.814. The molecular formula is C10H11NO. The standard InChI is InChI=1S/C10H11NO/c1-4-10(12)9-5-7(2)11-8(3)6-9/h1,5-6,10,12H,2-3H3/t10-/m1/s1. The fourth-order valence-corrected chi connectivity index (χ4v) is 1.12. The van der Waals surface area contributed by atoms with E-state index in [1.165, 1.54) is 0 Å². The van der Waals surface area contributed by atoms with Gasteiger partial charge < -0.3 is 5.11 Å². The largest absolute Gasteiger partial charge is 0.376 e. The van der Waals surface area contributed by atoms with Crippen LogP contribution in [0.15, 0.2) is 12.1 Å². The first-order valence-electron chi connectivity index (χ1n) is 3.73. The Balaban J connectivity index is 3.10. The molecule has 0 amide bonds. The van der Waals surface area contributed by atoms with E-state index in [1.807, 2.05) is 13.8 Å². The Labute approximate surface area is 72.3 Å². The lowest BCUT2D eigenvalue weighted by molar-refractivity contribution is 0.238. The topological polar surface area (TPSA) is 33.1 Å². The fraction of sp³-hybridized carbons (Fsp3) is 0.300. The average molecular weight is 161 g/mol. The molecule has 62 valence electrons. The highest BCUT2D eigenvalue weighted by Crippen LogP contribution is 2.13. The van der Waals surface area contributed by atoms with Crippen LogP contribution in [0.25, 0.3) is 0 Å². The molecule has 12 heavy (non-hydrogen) atoms. The van der Waals surface area contributed by atoms with Gasteiger partial charge in [0.1, 0.15) is 6.10 Å². The molecule has 0 spiro atoms. The number of aryl methyl sites for hydroxylation is 2. The van der Waals surface area contributed by atoms with Crippen LogP contribution in [0.5, 0.6) is 0 Å². The Morgan fingerprint density at radius 3 is 2.33 bits per heavy atom. The molecule has 0 fully saturated rings. The van der Waals surface area contributed by atoms with Crippen molar-refractivity contribution in [3.8, 4) is 12.3 Å². The predicted molar refractivity (Wildman–Crippen MR) is 47.5 cm³/mol. The van der Waals surface area contributed by atoms with Crippen LogP contribution in [-0.4, -0.2) is 10.1 Å². The molecule has 1 heterocycles. The number of aliphatic hydroxyl groups is 1. The van der Waals surface area contributed by atoms with Gasteiger partial charge in [0.05, 0.1) is 0 Å². The lowest BCUT2D eigenvalue weighted by Crippen LogP contribution is -1.96. The van der Waals surface area contributed by atoms with E-state index in [2.05, 4.69) is 10.9 Å². The molecular weight excluding hydrogens is 150 g/mol. The summed E-state index contributed by atoms with van der Waals surface area (Å²) in [6.07, 6.45) is 4.27. The summed E-state index contributed by atoms with van der Waals surface area (Å²) in [5.41, 5.74) is 2.49. The molecule has 0 aliphatic rings. The molecule has 2 heteroatoms. The van der Waals surface area contributed by atoms with Crippen LogP contribution in [0.4, 0.5) is 0 Å². The van der Waals surface area contributed by atoms with Crippen molar-refractivity contribution >= 4 is 0 Å². The Hall–Kier alpha value is -1.33. The SMILES string of the molecule is C#C[C@@H](O)c1cc(C)nc(C)c1. The summed E-state index contributed by atoms with van der Waals surface area (Å²) in [4.78, 5) is 4.17. The molecule has 0 radical (unpaired) electrons. The van der Waals surface area contributed by atoms with Gasteiger partial charge in [0.15, 0.2) is 0 Å². The number of aromatic nitrogens is 1. The van der Waals surface area contributed by atoms with Gasteiger partial charge in [-0.15, -0.1) is 6.42 Å². The van der Waals surface area contributed by atoms with Gasteiger partial charge >= 0.3 is 0 Å². The number of rotatable bonds is 1. The number of pyridine rings is 1. The number of hydrogen-bond acceptors (Lipinski definition) is 2. The molecule has 0 aliphatic heterocycles. The van der Waals surface area contributed by atoms with Gasteiger partial charge in [-0.05, 0) is 31.5 Å². The normalized spacial score (nSPS) is 12.2. The molecule has 1 atom stereocenters. The number of aliphatic hydroxyl groups excluding tert-OH is 1. The summed E-state index contributed by atoms with van der Waals surface area (Å²) in [7, 11) is 0. The van der Waals surface area contributed by atoms with Gasteiger partial charge in [-0.1, -0.05) is 5.92 Å². The lowest BCUT2D eigenvalue weighted by Gasteiger charge is -2.05. The van der Waals surface area contributed by atoms with Crippen LogP contribution >= 0.6 is 0 Å². The highest BCUT2D eigenvalue weighted by molar-refractivity contribution is 5.26. The zero-order valence-corrected chi connectivity index (χ0v) is 7.20. The maximum Gasteiger partial charge on any atom is 0.140 e. The first-order chi connectivity index (χ1) is 5.63. The van der Waals surface area contributed by atoms with Crippen LogP contribution in [0.1, 0.15) is 23.1 Å². The smallest absolute Gasteiger partial charge is 0.140 e. The van der Waals surface area contributed by atoms with Crippen molar-refractivity contribution in [1.29, 1.82) is 0 Å². The Morgan fingerprint density at radius 1 is 1.42 bits per heavy atom. The molecule has 0 bridgehead atoms. The molecule has 0 saturated heterocycles. The van der Waals surface area contributed by atoms with E-state index in [-0.39, 0.29) is 0 Å². The van der Waals surface area contributed by atoms with E-state index in [0.29, 0.717) is 0 Å². The summed E-state index contributed by atoms with van der Waals surface area (Å²) >= 11 is 0. The Bertz CT molecular complexity index is 305. The van der Waals surface area contributed by atoms with E-state index in [4.69, 9.17) is 6.42 Å². The van der Waals surface area contributed by atoms with Crippen LogP contribution in [-0.2, 0) is 0 Å². The summed E-state index contributed by atoms with van der Waals surface area (Å²) in [6.45, 7) is 3.75. The second kappa shape index (κ2) is 3.38. The minimum absolute atomic E-state index is 0.738. The third-order valence-electron chi connectivity index (χ3n) is 1.58. The van der Waals surface area contributed by atoms with Crippen molar-refractivity contribution in [2.24, 2.45) is 0 Å². The molecule has 1 aromatic heterocycles. The first-order valence-corrected chi connectivity index (χ1v) is 3.73. The van der Waals surface area contributed by atoms with Gasteiger partial charge in [0.25, 0.3) is 0 Å². The highest BCUT2D eigenvalue weighted by atomic mass is 16.3. The van der Waals surface area contributed by atoms with Crippen molar-refractivity contribution < 1.29 is 5.11 Å². The van der Waals surface area contributed by atoms with Gasteiger partial charge in [-0.25, -0.2) is 0 Å². The Morgan fingerprint density at radius 2 is 1.92 bits per heavy atom. The molecule has 0 aromatic carbocycles. The predicted octanol–water partition coefficient (Wildman–Crippen LogP) is 1.37. The maximum absolute atomic E-state index is 9.31. The summed E-state index contributed by atoms with van der Waals surface area (Å²) in [5, 5.41) is 9.31. The molecule has 1 N–H and O–H groups in total. The lowest BCUT2D eigenvalue weighted by atomic mass is 10.1. The van der Waals surface area contributed by atoms with Gasteiger partial charge in [0, 0.05) is 11.4 Å². The zero-order valence-electron chi connectivity index (χ0n) is 7.20. The van der Waals surface area contributed by atoms with E-state index in [9.17, 15) is 5.11 Å². The van der Waals surface area contributed by atoms with E-state index >= 15 is 0 Å². The molecule has 0 unspecified atom stereocenters. The van der Waals surface area contributed by atoms with E-state index < -0.39 is 6.10 Å². The van der Waals surface area contributed by atoms with Crippen molar-refractivity contribution in [3.63, 3.8) is 0 Å². The second-order valence-corrected chi connectivity index (χ2v) is 2.75. The zero-order chi connectivity index (χ0) is 9.14. The van der Waals surface area contributed by atoms with Crippen LogP contribution in [0.2, 0.25) is 0 Å². The second-order valence-electron chi connectivity index (χ2n) is 2.75. The number of terminal acetylenes is 1. The van der Waals surface area contributed by atoms with Gasteiger partial charge in [-0.2, -0.15) is 0 Å². The minimum Gasteiger partial charge on any atom is -0.376 e. The molecule has 1 aromatic rings. The number of hydrogen-bond donors (Lipinski definition) is 1. The summed E-state index contributed by atoms with van der Waals surface area (Å²) in [5.74, 6) is 2.26. The fourth-order valence-electron chi connectivity index (χ4n) is 1.12. The maximum atomic E-state index is 9.31. The molecule has 0 saturated carbocycles. The van der Waals surface area contributed by atoms with Crippen LogP contribution in [0.3, 0.4) is 0 Å². The van der Waals surface area contributed by atoms with Gasteiger partial charge in [-0.3, -0.25) is 4.98 Å².